The summed E-state index contributed by atoms with van der Waals surface area (Å²) in [6.45, 7) is 9.36. The van der Waals surface area contributed by atoms with Gasteiger partial charge < -0.3 is 19.5 Å². The minimum absolute atomic E-state index is 0.00771. The Labute approximate surface area is 225 Å². The van der Waals surface area contributed by atoms with Gasteiger partial charge in [0.1, 0.15) is 17.7 Å². The summed E-state index contributed by atoms with van der Waals surface area (Å²) < 4.78 is 12.5. The van der Waals surface area contributed by atoms with Crippen LogP contribution in [0.25, 0.3) is 11.5 Å². The van der Waals surface area contributed by atoms with Crippen LogP contribution >= 0.6 is 0 Å². The zero-order chi connectivity index (χ0) is 26.4. The molecule has 2 aromatic rings. The van der Waals surface area contributed by atoms with E-state index in [0.29, 0.717) is 47.7 Å². The summed E-state index contributed by atoms with van der Waals surface area (Å²) in [4.78, 5) is 27.8. The Kier molecular flexibility index (Phi) is 6.93. The van der Waals surface area contributed by atoms with Crippen molar-refractivity contribution >= 4 is 11.6 Å². The van der Waals surface area contributed by atoms with Crippen LogP contribution in [0, 0.1) is 0 Å². The van der Waals surface area contributed by atoms with Crippen LogP contribution in [-0.2, 0) is 16.6 Å². The number of fused-ring (bicyclic) bond motifs is 2. The molecule has 0 radical (unpaired) electrons. The van der Waals surface area contributed by atoms with Crippen molar-refractivity contribution in [1.29, 1.82) is 0 Å². The number of ether oxygens (including phenoxy) is 1. The third-order valence-electron chi connectivity index (χ3n) is 9.25. The van der Waals surface area contributed by atoms with Crippen molar-refractivity contribution in [2.45, 2.75) is 108 Å². The molecule has 2 aromatic heterocycles. The number of rotatable bonds is 5. The Morgan fingerprint density at radius 1 is 1.11 bits per heavy atom. The van der Waals surface area contributed by atoms with E-state index in [4.69, 9.17) is 19.2 Å². The molecule has 206 valence electrons. The Balaban J connectivity index is 1.39. The first-order valence-electron chi connectivity index (χ1n) is 14.6. The molecule has 0 aromatic carbocycles. The van der Waals surface area contributed by atoms with Gasteiger partial charge in [0, 0.05) is 49.3 Å². The zero-order valence-corrected chi connectivity index (χ0v) is 23.3. The highest BCUT2D eigenvalue weighted by Gasteiger charge is 2.48. The fourth-order valence-corrected chi connectivity index (χ4v) is 7.42. The second-order valence-corrected chi connectivity index (χ2v) is 12.2. The summed E-state index contributed by atoms with van der Waals surface area (Å²) in [6.07, 6.45) is 8.47. The lowest BCUT2D eigenvalue weighted by Gasteiger charge is -2.37. The minimum Gasteiger partial charge on any atom is -0.473 e. The van der Waals surface area contributed by atoms with Gasteiger partial charge >= 0.3 is 0 Å². The van der Waals surface area contributed by atoms with Gasteiger partial charge in [-0.05, 0) is 79.3 Å². The molecule has 4 aliphatic rings. The number of likely N-dealkylation sites (N-methyl/N-ethyl adjacent to an activating group) is 1. The first kappa shape index (κ1) is 25.7. The topological polar surface area (TPSA) is 96.6 Å². The van der Waals surface area contributed by atoms with Crippen molar-refractivity contribution < 1.29 is 14.1 Å². The maximum atomic E-state index is 13.2. The number of likely N-dealkylation sites (tertiary alicyclic amines) is 1. The predicted octanol–water partition coefficient (Wildman–Crippen LogP) is 3.90. The Hall–Kier alpha value is -2.52. The molecule has 3 fully saturated rings. The monoisotopic (exact) mass is 522 g/mol. The van der Waals surface area contributed by atoms with Gasteiger partial charge in [0.2, 0.25) is 5.88 Å². The van der Waals surface area contributed by atoms with Gasteiger partial charge in [0.25, 0.3) is 0 Å². The van der Waals surface area contributed by atoms with Gasteiger partial charge in [-0.3, -0.25) is 9.69 Å². The summed E-state index contributed by atoms with van der Waals surface area (Å²) in [5.41, 5.74) is 1.17. The number of hydrogen-bond acceptors (Lipinski definition) is 9. The van der Waals surface area contributed by atoms with Crippen molar-refractivity contribution in [3.8, 4) is 17.4 Å². The molecule has 9 heteroatoms. The minimum atomic E-state index is -0.515. The van der Waals surface area contributed by atoms with E-state index < -0.39 is 5.41 Å². The van der Waals surface area contributed by atoms with E-state index in [1.165, 1.54) is 6.42 Å². The molecule has 0 bridgehead atoms. The van der Waals surface area contributed by atoms with E-state index in [1.54, 1.807) is 0 Å². The molecule has 1 N–H and O–H groups in total. The van der Waals surface area contributed by atoms with Crippen molar-refractivity contribution in [3.05, 3.63) is 17.4 Å². The average molecular weight is 523 g/mol. The molecule has 2 saturated heterocycles. The highest BCUT2D eigenvalue weighted by atomic mass is 16.5. The summed E-state index contributed by atoms with van der Waals surface area (Å²) in [5.74, 6) is 3.05. The van der Waals surface area contributed by atoms with Gasteiger partial charge in [-0.2, -0.15) is 4.98 Å². The quantitative estimate of drug-likeness (QED) is 0.627. The molecule has 1 saturated carbocycles. The fraction of sp³-hybridized carbons (Fsp3) is 0.724. The van der Waals surface area contributed by atoms with Gasteiger partial charge in [-0.15, -0.1) is 0 Å². The van der Waals surface area contributed by atoms with E-state index in [2.05, 4.69) is 48.1 Å². The number of carbonyl (C=O) groups excluding carboxylic acids is 1. The predicted molar refractivity (Wildman–Crippen MR) is 146 cm³/mol. The molecule has 5 atom stereocenters. The van der Waals surface area contributed by atoms with E-state index in [9.17, 15) is 4.79 Å². The molecule has 1 spiro atoms. The molecule has 4 heterocycles. The second-order valence-electron chi connectivity index (χ2n) is 12.2. The van der Waals surface area contributed by atoms with E-state index in [1.807, 2.05) is 6.07 Å². The van der Waals surface area contributed by atoms with E-state index in [0.717, 1.165) is 81.7 Å². The first-order valence-corrected chi connectivity index (χ1v) is 14.6. The molecule has 6 rings (SSSR count). The normalized spacial score (nSPS) is 31.0. The summed E-state index contributed by atoms with van der Waals surface area (Å²) in [5, 5.41) is 8.14. The molecule has 38 heavy (non-hydrogen) atoms. The van der Waals surface area contributed by atoms with Crippen LogP contribution in [0.1, 0.15) is 83.5 Å². The van der Waals surface area contributed by atoms with Crippen molar-refractivity contribution in [2.75, 3.05) is 31.6 Å². The standard InChI is InChI=1S/C29H42N6O3/c1-18-16-35(17-19(2)30-18)24-15-25(37-20(3)22-10-8-14-34(22)4)32-28(31-24)26-21-9-7-13-29(27(21)38-33-26)12-6-5-11-23(29)36/h15,18-20,22,30H,5-14,16-17H2,1-4H3/t18-,19-,20-,22-,29+/m0/s1. The number of aromatic nitrogens is 3. The molecule has 2 aliphatic heterocycles. The van der Waals surface area contributed by atoms with Gasteiger partial charge in [0.15, 0.2) is 17.3 Å². The lowest BCUT2D eigenvalue weighted by molar-refractivity contribution is -0.128. The number of anilines is 1. The molecular formula is C29H42N6O3. The molecule has 0 unspecified atom stereocenters. The van der Waals surface area contributed by atoms with Gasteiger partial charge in [-0.1, -0.05) is 11.6 Å². The smallest absolute Gasteiger partial charge is 0.219 e. The van der Waals surface area contributed by atoms with Crippen LogP contribution in [0.2, 0.25) is 0 Å². The third-order valence-corrected chi connectivity index (χ3v) is 9.25. The van der Waals surface area contributed by atoms with Crippen molar-refractivity contribution in [1.82, 2.24) is 25.3 Å². The van der Waals surface area contributed by atoms with Crippen molar-refractivity contribution in [3.63, 3.8) is 0 Å². The number of hydrogen-bond donors (Lipinski definition) is 1. The van der Waals surface area contributed by atoms with Crippen LogP contribution in [0.3, 0.4) is 0 Å². The molecule has 9 nitrogen and oxygen atoms in total. The molecule has 2 aliphatic carbocycles. The number of ketones is 1. The summed E-state index contributed by atoms with van der Waals surface area (Å²) in [6, 6.07) is 3.06. The maximum Gasteiger partial charge on any atom is 0.219 e. The Bertz CT molecular complexity index is 1170. The highest BCUT2D eigenvalue weighted by Crippen LogP contribution is 2.47. The average Bonchev–Trinajstić information content (AvgIpc) is 3.52. The second kappa shape index (κ2) is 10.2. The molecule has 0 amide bonds. The molecular weight excluding hydrogens is 480 g/mol. The number of nitrogens with zero attached hydrogens (tertiary/aromatic N) is 5. The summed E-state index contributed by atoms with van der Waals surface area (Å²) >= 11 is 0. The Morgan fingerprint density at radius 2 is 1.89 bits per heavy atom. The maximum absolute atomic E-state index is 13.2. The van der Waals surface area contributed by atoms with Gasteiger partial charge in [0.05, 0.1) is 5.41 Å². The first-order chi connectivity index (χ1) is 18.3. The van der Waals surface area contributed by atoms with Crippen LogP contribution in [0.15, 0.2) is 10.6 Å². The van der Waals surface area contributed by atoms with Gasteiger partial charge in [-0.25, -0.2) is 4.98 Å². The van der Waals surface area contributed by atoms with E-state index in [-0.39, 0.29) is 6.10 Å². The lowest BCUT2D eigenvalue weighted by Crippen LogP contribution is -2.54. The fourth-order valence-electron chi connectivity index (χ4n) is 7.42. The van der Waals surface area contributed by atoms with Crippen molar-refractivity contribution in [2.24, 2.45) is 0 Å². The van der Waals surface area contributed by atoms with Crippen LogP contribution in [-0.4, -0.2) is 76.7 Å². The number of nitrogens with one attached hydrogen (secondary N) is 1. The zero-order valence-electron chi connectivity index (χ0n) is 23.3. The Morgan fingerprint density at radius 3 is 2.63 bits per heavy atom. The third kappa shape index (κ3) is 4.62. The van der Waals surface area contributed by atoms with Crippen LogP contribution in [0.5, 0.6) is 5.88 Å². The summed E-state index contributed by atoms with van der Waals surface area (Å²) in [7, 11) is 2.17. The number of piperazine rings is 1. The van der Waals surface area contributed by atoms with Crippen LogP contribution < -0.4 is 15.0 Å². The van der Waals surface area contributed by atoms with Crippen LogP contribution in [0.4, 0.5) is 5.82 Å². The SMILES string of the molecule is C[C@H](Oc1cc(N2C[C@H](C)N[C@@H](C)C2)nc(-c2noc3c2CCC[C@@]32CCCCC2=O)n1)[C@@H]1CCCN1C. The largest absolute Gasteiger partial charge is 0.473 e. The number of Topliss-reactive ketones (excluding diaryl/α,β-unsaturated/α-hetero) is 1. The number of carbonyl (C=O) groups is 1. The highest BCUT2D eigenvalue weighted by molar-refractivity contribution is 5.91. The van der Waals surface area contributed by atoms with E-state index >= 15 is 0 Å². The lowest BCUT2D eigenvalue weighted by atomic mass is 9.64.